The third-order valence-corrected chi connectivity index (χ3v) is 5.96. The zero-order valence-electron chi connectivity index (χ0n) is 14.9. The molecule has 0 aromatic carbocycles. The Bertz CT molecular complexity index is 916. The molecule has 2 N–H and O–H groups in total. The second-order valence-electron chi connectivity index (χ2n) is 6.68. The first-order valence-corrected chi connectivity index (χ1v) is 8.81. The van der Waals surface area contributed by atoms with Crippen molar-refractivity contribution in [2.45, 2.75) is 19.9 Å². The van der Waals surface area contributed by atoms with Crippen LogP contribution in [0.15, 0.2) is 4.42 Å². The summed E-state index contributed by atoms with van der Waals surface area (Å²) in [6, 6.07) is 0.308. The second kappa shape index (κ2) is 7.10. The van der Waals surface area contributed by atoms with Crippen LogP contribution in [0, 0.1) is 25.7 Å². The molecule has 11 heteroatoms. The fourth-order valence-electron chi connectivity index (χ4n) is 3.56. The summed E-state index contributed by atoms with van der Waals surface area (Å²) in [5, 5.41) is 14.5. The first kappa shape index (κ1) is 20.1. The van der Waals surface area contributed by atoms with Crippen LogP contribution >= 0.6 is 23.2 Å². The number of aromatic nitrogens is 2. The minimum Gasteiger partial charge on any atom is -0.541 e. The summed E-state index contributed by atoms with van der Waals surface area (Å²) < 4.78 is 5.27. The molecule has 3 atom stereocenters. The van der Waals surface area contributed by atoms with Gasteiger partial charge in [-0.3, -0.25) is 4.79 Å². The number of hydrogen-bond donors (Lipinski definition) is 2. The molecule has 2 fully saturated rings. The summed E-state index contributed by atoms with van der Waals surface area (Å²) >= 11 is 12.1. The number of carbonyl (C=O) groups is 2. The molecule has 1 amide bonds. The standard InChI is InChI=1S/C16H16Cl2N4O4.Li/c1-5-9(17)10(18)12(19-5)14(23)21-11-7-3-22(4-8(7)11)16-20-6(2)13(26-16)15(24)25;/h7-8,11,19H,3-4H2,1-2H3,(H,21,23)(H,24,25);/q;+1/p-1/t7-,8+,11?;. The number of carboxylic acids is 1. The predicted octanol–water partition coefficient (Wildman–Crippen LogP) is -1.84. The van der Waals surface area contributed by atoms with Gasteiger partial charge in [0.2, 0.25) is 0 Å². The molecular weight excluding hydrogens is 390 g/mol. The van der Waals surface area contributed by atoms with Gasteiger partial charge in [0, 0.05) is 36.7 Å². The first-order valence-electron chi connectivity index (χ1n) is 8.06. The molecule has 27 heavy (non-hydrogen) atoms. The van der Waals surface area contributed by atoms with Crippen LogP contribution in [-0.2, 0) is 0 Å². The molecule has 1 saturated carbocycles. The van der Waals surface area contributed by atoms with Crippen LogP contribution in [-0.4, -0.2) is 41.0 Å². The minimum absolute atomic E-state index is 0. The number of aromatic carboxylic acids is 1. The number of carbonyl (C=O) groups excluding carboxylic acids is 2. The molecule has 2 aromatic rings. The normalized spacial score (nSPS) is 23.0. The Labute approximate surface area is 176 Å². The van der Waals surface area contributed by atoms with Gasteiger partial charge in [0.1, 0.15) is 11.7 Å². The van der Waals surface area contributed by atoms with E-state index >= 15 is 0 Å². The molecule has 1 aliphatic carbocycles. The number of oxazole rings is 1. The van der Waals surface area contributed by atoms with Crippen LogP contribution in [0.3, 0.4) is 0 Å². The summed E-state index contributed by atoms with van der Waals surface area (Å²) in [5.41, 5.74) is 1.20. The predicted molar refractivity (Wildman–Crippen MR) is 91.6 cm³/mol. The Morgan fingerprint density at radius 2 is 1.89 bits per heavy atom. The minimum atomic E-state index is -1.38. The van der Waals surface area contributed by atoms with Gasteiger partial charge in [-0.15, -0.1) is 0 Å². The van der Waals surface area contributed by atoms with Crippen molar-refractivity contribution in [2.75, 3.05) is 18.0 Å². The van der Waals surface area contributed by atoms with Gasteiger partial charge in [-0.2, -0.15) is 4.98 Å². The Hall–Kier alpha value is -1.59. The number of aryl methyl sites for hydroxylation is 2. The third kappa shape index (κ3) is 3.36. The number of amides is 1. The summed E-state index contributed by atoms with van der Waals surface area (Å²) in [5.74, 6) is -1.42. The Morgan fingerprint density at radius 3 is 2.37 bits per heavy atom. The largest absolute Gasteiger partial charge is 1.00 e. The van der Waals surface area contributed by atoms with Gasteiger partial charge in [-0.25, -0.2) is 0 Å². The molecular formula is C16H15Cl2LiN4O4. The topological polar surface area (TPSA) is 114 Å². The van der Waals surface area contributed by atoms with E-state index in [0.29, 0.717) is 29.5 Å². The van der Waals surface area contributed by atoms with E-state index in [1.165, 1.54) is 0 Å². The molecule has 0 radical (unpaired) electrons. The van der Waals surface area contributed by atoms with Crippen molar-refractivity contribution < 1.29 is 38.0 Å². The van der Waals surface area contributed by atoms with Crippen LogP contribution < -0.4 is 34.2 Å². The van der Waals surface area contributed by atoms with Gasteiger partial charge in [-0.1, -0.05) is 23.2 Å². The fourth-order valence-corrected chi connectivity index (χ4v) is 3.97. The number of hydrogen-bond acceptors (Lipinski definition) is 6. The van der Waals surface area contributed by atoms with Gasteiger partial charge >= 0.3 is 18.9 Å². The first-order chi connectivity index (χ1) is 12.3. The fraction of sp³-hybridized carbons (Fsp3) is 0.438. The van der Waals surface area contributed by atoms with Crippen LogP contribution in [0.1, 0.15) is 32.4 Å². The average Bonchev–Trinajstić information content (AvgIpc) is 2.97. The van der Waals surface area contributed by atoms with E-state index in [9.17, 15) is 14.7 Å². The second-order valence-corrected chi connectivity index (χ2v) is 7.44. The SMILES string of the molecule is Cc1nc(N2C[C@@H]3C(NC(=O)c4[nH]c(C)c(Cl)c4Cl)[C@@H]3C2)oc1C(=O)[O-].[Li+]. The smallest absolute Gasteiger partial charge is 0.541 e. The number of nitrogens with zero attached hydrogens (tertiary/aromatic N) is 2. The quantitative estimate of drug-likeness (QED) is 0.578. The Morgan fingerprint density at radius 1 is 1.26 bits per heavy atom. The number of anilines is 1. The van der Waals surface area contributed by atoms with Crippen LogP contribution in [0.5, 0.6) is 0 Å². The molecule has 1 saturated heterocycles. The van der Waals surface area contributed by atoms with Crippen molar-refractivity contribution in [3.8, 4) is 0 Å². The maximum Gasteiger partial charge on any atom is 1.00 e. The summed E-state index contributed by atoms with van der Waals surface area (Å²) in [6.45, 7) is 4.56. The number of H-pyrrole nitrogens is 1. The van der Waals surface area contributed by atoms with Crippen LogP contribution in [0.2, 0.25) is 10.0 Å². The molecule has 2 aromatic heterocycles. The van der Waals surface area contributed by atoms with E-state index in [0.717, 1.165) is 0 Å². The molecule has 0 bridgehead atoms. The van der Waals surface area contributed by atoms with Gasteiger partial charge in [0.05, 0.1) is 15.7 Å². The van der Waals surface area contributed by atoms with E-state index in [-0.39, 0.29) is 65.1 Å². The number of piperidine rings is 1. The molecule has 0 spiro atoms. The van der Waals surface area contributed by atoms with Gasteiger partial charge in [0.25, 0.3) is 11.9 Å². The number of halogens is 2. The number of fused-ring (bicyclic) bond motifs is 1. The monoisotopic (exact) mass is 404 g/mol. The van der Waals surface area contributed by atoms with Crippen molar-refractivity contribution in [3.63, 3.8) is 0 Å². The molecule has 138 valence electrons. The summed E-state index contributed by atoms with van der Waals surface area (Å²) in [7, 11) is 0. The molecule has 3 heterocycles. The Balaban J connectivity index is 0.00000210. The van der Waals surface area contributed by atoms with E-state index in [4.69, 9.17) is 27.6 Å². The number of carboxylic acid groups (broad SMARTS) is 1. The zero-order valence-corrected chi connectivity index (χ0v) is 16.4. The van der Waals surface area contributed by atoms with Crippen molar-refractivity contribution in [2.24, 2.45) is 11.8 Å². The maximum atomic E-state index is 12.4. The zero-order chi connectivity index (χ0) is 18.7. The van der Waals surface area contributed by atoms with Crippen molar-refractivity contribution in [1.29, 1.82) is 0 Å². The van der Waals surface area contributed by atoms with E-state index in [2.05, 4.69) is 15.3 Å². The van der Waals surface area contributed by atoms with Gasteiger partial charge in [0.15, 0.2) is 5.76 Å². The van der Waals surface area contributed by atoms with E-state index in [1.54, 1.807) is 13.8 Å². The van der Waals surface area contributed by atoms with Gasteiger partial charge in [-0.05, 0) is 13.8 Å². The number of nitrogens with one attached hydrogen (secondary N) is 2. The number of rotatable bonds is 4. The average molecular weight is 405 g/mol. The number of aromatic amines is 1. The molecule has 8 nitrogen and oxygen atoms in total. The van der Waals surface area contributed by atoms with E-state index < -0.39 is 5.97 Å². The molecule has 1 aliphatic heterocycles. The molecule has 1 unspecified atom stereocenters. The van der Waals surface area contributed by atoms with E-state index in [1.807, 2.05) is 4.90 Å². The maximum absolute atomic E-state index is 12.4. The van der Waals surface area contributed by atoms with Crippen molar-refractivity contribution in [3.05, 3.63) is 32.9 Å². The van der Waals surface area contributed by atoms with Crippen LogP contribution in [0.4, 0.5) is 6.01 Å². The van der Waals surface area contributed by atoms with Crippen LogP contribution in [0.25, 0.3) is 0 Å². The van der Waals surface area contributed by atoms with Gasteiger partial charge < -0.3 is 29.5 Å². The molecule has 4 rings (SSSR count). The summed E-state index contributed by atoms with van der Waals surface area (Å²) in [4.78, 5) is 32.2. The Kier molecular flexibility index (Phi) is 5.30. The van der Waals surface area contributed by atoms with Crippen molar-refractivity contribution in [1.82, 2.24) is 15.3 Å². The third-order valence-electron chi connectivity index (χ3n) is 5.01. The van der Waals surface area contributed by atoms with Crippen molar-refractivity contribution >= 4 is 41.1 Å². The molecule has 2 aliphatic rings. The summed E-state index contributed by atoms with van der Waals surface area (Å²) in [6.07, 6.45) is 0.